The van der Waals surface area contributed by atoms with E-state index >= 15 is 0 Å². The van der Waals surface area contributed by atoms with E-state index in [1.165, 1.54) is 0 Å². The number of para-hydroxylation sites is 8. The van der Waals surface area contributed by atoms with Crippen LogP contribution in [0.3, 0.4) is 0 Å². The first-order valence-corrected chi connectivity index (χ1v) is 29.8. The van der Waals surface area contributed by atoms with Crippen molar-refractivity contribution in [3.8, 4) is 46.1 Å². The van der Waals surface area contributed by atoms with Crippen LogP contribution in [0.15, 0.2) is 158 Å². The Labute approximate surface area is 484 Å². The summed E-state index contributed by atoms with van der Waals surface area (Å²) in [5.41, 5.74) is 4.20. The average molecular weight is 1630 g/mol. The molecule has 4 aromatic carbocycles. The predicted octanol–water partition coefficient (Wildman–Crippen LogP) is 9.38. The second kappa shape index (κ2) is 28.7. The van der Waals surface area contributed by atoms with Crippen molar-refractivity contribution in [1.82, 2.24) is 69.4 Å². The van der Waals surface area contributed by atoms with Gasteiger partial charge in [0, 0.05) is 0 Å². The Kier molecular flexibility index (Phi) is 23.2. The number of alkyl halides is 3. The molecule has 75 heavy (non-hydrogen) atoms. The van der Waals surface area contributed by atoms with Crippen LogP contribution in [-0.4, -0.2) is 96.2 Å². The second-order valence-electron chi connectivity index (χ2n) is 15.3. The number of fused-ring (bicyclic) bond motifs is 4. The van der Waals surface area contributed by atoms with E-state index < -0.39 is 15.6 Å². The first-order chi connectivity index (χ1) is 35.6. The van der Waals surface area contributed by atoms with Gasteiger partial charge in [-0.1, -0.05) is 109 Å². The zero-order valence-electron chi connectivity index (χ0n) is 39.4. The minimum absolute atomic E-state index is 0. The molecule has 0 atom stereocenters. The Hall–Kier alpha value is -5.32. The van der Waals surface area contributed by atoms with Crippen LogP contribution in [0, 0.1) is 13.3 Å². The minimum atomic E-state index is -6.09. The minimum Gasteiger partial charge on any atom is -0.434 e. The van der Waals surface area contributed by atoms with Crippen molar-refractivity contribution in [2.24, 2.45) is 0 Å². The summed E-state index contributed by atoms with van der Waals surface area (Å²) in [6.45, 7) is 4.00. The Bertz CT molecular complexity index is 3040. The van der Waals surface area contributed by atoms with Crippen LogP contribution in [0.25, 0.3) is 90.2 Å². The van der Waals surface area contributed by atoms with Crippen LogP contribution in [0.1, 0.15) is 0 Å². The number of benzene rings is 4. The summed E-state index contributed by atoms with van der Waals surface area (Å²) in [5, 5.41) is 0. The Morgan fingerprint density at radius 3 is 0.867 bits per heavy atom. The van der Waals surface area contributed by atoms with Crippen LogP contribution >= 0.6 is 28.2 Å². The van der Waals surface area contributed by atoms with Gasteiger partial charge >= 0.3 is 93.3 Å². The molecule has 17 nitrogen and oxygen atoms in total. The average Bonchev–Trinajstić information content (AvgIpc) is 4.29. The maximum absolute atomic E-state index is 10.7. The van der Waals surface area contributed by atoms with Crippen molar-refractivity contribution in [3.63, 3.8) is 0 Å². The van der Waals surface area contributed by atoms with Gasteiger partial charge < -0.3 is 64.0 Å². The largest absolute Gasteiger partial charge is 0.434 e. The summed E-state index contributed by atoms with van der Waals surface area (Å²) in [4.78, 5) is 53.7. The van der Waals surface area contributed by atoms with Crippen LogP contribution in [0.5, 0.6) is 0 Å². The van der Waals surface area contributed by atoms with E-state index in [0.29, 0.717) is 23.3 Å². The molecule has 2 aliphatic heterocycles. The smallest absolute Gasteiger partial charge is 0.0627 e. The van der Waals surface area contributed by atoms with Crippen molar-refractivity contribution >= 4 is 82.5 Å². The third-order valence-electron chi connectivity index (χ3n) is 9.84. The fraction of sp³-hybridized carbons (Fsp3) is 0.102. The quantitative estimate of drug-likeness (QED) is 0.0529. The Morgan fingerprint density at radius 2 is 0.693 bits per heavy atom. The Balaban J connectivity index is 0.000000189. The molecule has 26 heteroatoms. The molecule has 0 unspecified atom stereocenters. The summed E-state index contributed by atoms with van der Waals surface area (Å²) in [7, 11) is 6.49. The molecule has 0 N–H and O–H groups in total. The van der Waals surface area contributed by atoms with Crippen molar-refractivity contribution in [2.45, 2.75) is 5.51 Å². The van der Waals surface area contributed by atoms with Gasteiger partial charge in [-0.25, -0.2) is 18.4 Å². The molecule has 0 saturated carbocycles. The van der Waals surface area contributed by atoms with Crippen LogP contribution in [0.4, 0.5) is 13.2 Å². The monoisotopic (exact) mass is 1620 g/mol. The zero-order valence-corrected chi connectivity index (χ0v) is 48.9. The van der Waals surface area contributed by atoms with Gasteiger partial charge in [0.25, 0.3) is 0 Å². The molecule has 10 aromatic rings. The van der Waals surface area contributed by atoms with Crippen LogP contribution in [-0.2, 0) is 69.7 Å². The molecule has 0 radical (unpaired) electrons. The Morgan fingerprint density at radius 1 is 0.480 bits per heavy atom. The van der Waals surface area contributed by atoms with Crippen LogP contribution < -0.4 is 19.9 Å². The van der Waals surface area contributed by atoms with Gasteiger partial charge in [0.1, 0.15) is 0 Å². The van der Waals surface area contributed by atoms with E-state index in [0.717, 1.165) is 66.9 Å². The van der Waals surface area contributed by atoms with Crippen molar-refractivity contribution < 1.29 is 85.8 Å². The number of hydrogen-bond donors (Lipinski definition) is 0. The number of halogens is 5. The van der Waals surface area contributed by atoms with E-state index in [9.17, 15) is 13.2 Å². The van der Waals surface area contributed by atoms with E-state index in [4.69, 9.17) is 13.0 Å². The molecule has 0 aliphatic carbocycles. The molecular weight excluding hydrogens is 1590 g/mol. The molecule has 0 amide bonds. The van der Waals surface area contributed by atoms with Gasteiger partial charge in [0.05, 0.1) is 22.8 Å². The van der Waals surface area contributed by atoms with Gasteiger partial charge in [0.15, 0.2) is 10.1 Å². The van der Waals surface area contributed by atoms with E-state index in [1.54, 1.807) is 20.0 Å². The molecule has 0 bridgehead atoms. The first-order valence-electron chi connectivity index (χ1n) is 21.3. The number of rotatable bonds is 4. The molecule has 8 heterocycles. The number of pyridine rings is 2. The number of nitrogens with zero attached hydrogens (tertiary/aromatic N) is 14. The van der Waals surface area contributed by atoms with Gasteiger partial charge in [-0.3, -0.25) is 0 Å². The topological polar surface area (TPSA) is 204 Å². The molecule has 2 aliphatic rings. The fourth-order valence-corrected chi connectivity index (χ4v) is 6.60. The standard InChI is InChI=1S/2C19H11N5.2C5H9N2.CHF3O3S.Ag.2Au.ClH.HI/c2*1-2-7-13-12(6-1)21-18(22-13)16-10-5-11-17(20-16)19-23-14-8-3-4-9-15(14)24-19;2*1-6-3-4-7(2)5-6;2-1(3,4)8(5,6)7;;;;;/h2*1-11H;2*3-5H,1-2H3;(H,5,6,7);;;;2*1H/q2*-2;2*-1;;2*+1;+3;;/p-3. The third-order valence-corrected chi connectivity index (χ3v) is 10.4. The predicted molar refractivity (Wildman–Crippen MR) is 278 cm³/mol. The molecule has 0 spiro atoms. The molecular formula is C49H40AgAu2ClF3IN14O3S-4. The maximum Gasteiger partial charge on any atom is 0.0627 e. The SMILES string of the molecule is CN1C=CN(C)[CH-]1.CN1C=CN(C)[CH-]1.O=S(=O)([O-])C(F)(F)F.[Ag][I].[Au+3].[Cl][Au].c1cc(-c2nc3ccccc3[n-]2)nc(-c2nc3ccccc3[n-]2)c1.c1cc(-c2nc3ccccc3[n-]2)nc(-c2nc3ccccc3[n-]2)c1. The molecule has 0 fully saturated rings. The van der Waals surface area contributed by atoms with Crippen molar-refractivity contribution in [1.29, 1.82) is 0 Å². The van der Waals surface area contributed by atoms with Gasteiger partial charge in [0.2, 0.25) is 0 Å². The normalized spacial score (nSPS) is 12.5. The van der Waals surface area contributed by atoms with E-state index in [2.05, 4.69) is 76.3 Å². The van der Waals surface area contributed by atoms with Crippen LogP contribution in [0.2, 0.25) is 0 Å². The molecule has 402 valence electrons. The molecule has 12 rings (SSSR count). The summed E-state index contributed by atoms with van der Waals surface area (Å²) >= 11 is 6.63. The summed E-state index contributed by atoms with van der Waals surface area (Å²) in [5.74, 6) is 2.48. The maximum atomic E-state index is 10.7. The van der Waals surface area contributed by atoms with Crippen molar-refractivity contribution in [3.05, 3.63) is 172 Å². The first kappa shape index (κ1) is 60.5. The summed E-state index contributed by atoms with van der Waals surface area (Å²) in [6.07, 6.45) is 8.00. The van der Waals surface area contributed by atoms with E-state index in [1.807, 2.05) is 238 Å². The van der Waals surface area contributed by atoms with Gasteiger partial charge in [-0.2, -0.15) is 26.5 Å². The summed E-state index contributed by atoms with van der Waals surface area (Å²) in [6, 6.07) is 42.7. The van der Waals surface area contributed by atoms with Gasteiger partial charge in [-0.05, 0) is 145 Å². The number of aromatic nitrogens is 10. The zero-order chi connectivity index (χ0) is 53.4. The second-order valence-corrected chi connectivity index (χ2v) is 16.7. The number of imidazole rings is 4. The molecule has 0 saturated heterocycles. The summed E-state index contributed by atoms with van der Waals surface area (Å²) < 4.78 is 58.9. The molecule has 6 aromatic heterocycles. The fourth-order valence-electron chi connectivity index (χ4n) is 6.60. The number of hydrogen-bond acceptors (Lipinski definition) is 13. The van der Waals surface area contributed by atoms with Gasteiger partial charge in [-0.15, -0.1) is 0 Å². The van der Waals surface area contributed by atoms with Crippen molar-refractivity contribution in [2.75, 3.05) is 28.2 Å². The third kappa shape index (κ3) is 17.1. The van der Waals surface area contributed by atoms with E-state index in [-0.39, 0.29) is 22.4 Å².